The Hall–Kier alpha value is -0.790. The summed E-state index contributed by atoms with van der Waals surface area (Å²) in [5.41, 5.74) is 0.572. The molecule has 0 radical (unpaired) electrons. The van der Waals surface area contributed by atoms with Gasteiger partial charge in [-0.15, -0.1) is 0 Å². The van der Waals surface area contributed by atoms with E-state index in [-0.39, 0.29) is 6.42 Å². The van der Waals surface area contributed by atoms with Crippen molar-refractivity contribution in [2.45, 2.75) is 35.7 Å². The summed E-state index contributed by atoms with van der Waals surface area (Å²) in [6.07, 6.45) is -6.89. The van der Waals surface area contributed by atoms with E-state index in [1.54, 1.807) is 30.3 Å². The van der Waals surface area contributed by atoms with Crippen LogP contribution in [0.2, 0.25) is 0 Å². The van der Waals surface area contributed by atoms with Crippen molar-refractivity contribution in [1.82, 2.24) is 0 Å². The first kappa shape index (κ1) is 17.3. The van der Waals surface area contributed by atoms with Gasteiger partial charge in [-0.2, -0.15) is 30.7 Å². The second kappa shape index (κ2) is 5.91. The lowest BCUT2D eigenvalue weighted by Crippen LogP contribution is -2.56. The quantitative estimate of drug-likeness (QED) is 0.495. The van der Waals surface area contributed by atoms with Gasteiger partial charge in [0, 0.05) is 0 Å². The average Bonchev–Trinajstić information content (AvgIpc) is 2.35. The van der Waals surface area contributed by atoms with Gasteiger partial charge in [0.25, 0.3) is 0 Å². The summed E-state index contributed by atoms with van der Waals surface area (Å²) in [6.45, 7) is 0. The molecule has 0 amide bonds. The van der Waals surface area contributed by atoms with Gasteiger partial charge >= 0.3 is 18.0 Å². The molecule has 0 saturated heterocycles. The number of rotatable bonds is 5. The molecule has 114 valence electrons. The van der Waals surface area contributed by atoms with Crippen LogP contribution in [-0.4, -0.2) is 22.8 Å². The Balaban J connectivity index is 2.77. The van der Waals surface area contributed by atoms with E-state index in [1.165, 1.54) is 0 Å². The molecule has 0 aliphatic rings. The molecule has 0 aliphatic heterocycles. The zero-order valence-electron chi connectivity index (χ0n) is 9.90. The third-order valence-electron chi connectivity index (χ3n) is 2.70. The maximum Gasteiger partial charge on any atom is 0.459 e. The van der Waals surface area contributed by atoms with Crippen LogP contribution in [0.5, 0.6) is 0 Å². The van der Waals surface area contributed by atoms with Gasteiger partial charge in [0.15, 0.2) is 0 Å². The summed E-state index contributed by atoms with van der Waals surface area (Å²) in [6, 6.07) is 8.03. The number of aryl methyl sites for hydroxylation is 1. The van der Waals surface area contributed by atoms with Crippen LogP contribution < -0.4 is 0 Å². The molecule has 0 nitrogen and oxygen atoms in total. The maximum atomic E-state index is 13.3. The minimum Gasteiger partial charge on any atom is -0.198 e. The van der Waals surface area contributed by atoms with E-state index in [0.29, 0.717) is 5.56 Å². The molecule has 1 rings (SSSR count). The zero-order chi connectivity index (χ0) is 15.6. The third kappa shape index (κ3) is 3.45. The predicted molar refractivity (Wildman–Crippen MR) is 63.4 cm³/mol. The van der Waals surface area contributed by atoms with E-state index >= 15 is 0 Å². The number of hydrogen-bond acceptors (Lipinski definition) is 0. The van der Waals surface area contributed by atoms with Crippen LogP contribution in [0.15, 0.2) is 30.3 Å². The van der Waals surface area contributed by atoms with Gasteiger partial charge in [-0.25, -0.2) is 0 Å². The number of hydrogen-bond donors (Lipinski definition) is 0. The highest BCUT2D eigenvalue weighted by Gasteiger charge is 2.74. The smallest absolute Gasteiger partial charge is 0.198 e. The van der Waals surface area contributed by atoms with E-state index in [0.717, 1.165) is 0 Å². The zero-order valence-corrected chi connectivity index (χ0v) is 11.5. The minimum absolute atomic E-state index is 0.0414. The SMILES string of the molecule is FC(F)(F)C(F)(F)C(F)(F)C(Br)CCc1ccccc1. The molecule has 0 aromatic heterocycles. The van der Waals surface area contributed by atoms with Crippen LogP contribution >= 0.6 is 15.9 Å². The molecular formula is C12H10BrF7. The lowest BCUT2D eigenvalue weighted by molar-refractivity contribution is -0.353. The lowest BCUT2D eigenvalue weighted by Gasteiger charge is -2.31. The molecule has 1 unspecified atom stereocenters. The maximum absolute atomic E-state index is 13.3. The van der Waals surface area contributed by atoms with Crippen molar-refractivity contribution in [2.24, 2.45) is 0 Å². The molecule has 8 heteroatoms. The Morgan fingerprint density at radius 3 is 1.85 bits per heavy atom. The third-order valence-corrected chi connectivity index (χ3v) is 3.73. The number of alkyl halides is 8. The van der Waals surface area contributed by atoms with Crippen LogP contribution in [-0.2, 0) is 6.42 Å². The second-order valence-corrected chi connectivity index (χ2v) is 5.29. The highest BCUT2D eigenvalue weighted by molar-refractivity contribution is 9.09. The molecule has 0 N–H and O–H groups in total. The van der Waals surface area contributed by atoms with Gasteiger partial charge < -0.3 is 0 Å². The Bertz CT molecular complexity index is 427. The van der Waals surface area contributed by atoms with Crippen molar-refractivity contribution in [3.8, 4) is 0 Å². The molecule has 1 atom stereocenters. The molecular weight excluding hydrogens is 357 g/mol. The largest absolute Gasteiger partial charge is 0.459 e. The van der Waals surface area contributed by atoms with Crippen molar-refractivity contribution in [2.75, 3.05) is 0 Å². The fourth-order valence-electron chi connectivity index (χ4n) is 1.51. The summed E-state index contributed by atoms with van der Waals surface area (Å²) >= 11 is 2.26. The molecule has 0 fully saturated rings. The molecule has 20 heavy (non-hydrogen) atoms. The molecule has 1 aromatic rings. The summed E-state index contributed by atoms with van der Waals surface area (Å²) in [5.74, 6) is -11.3. The molecule has 0 bridgehead atoms. The van der Waals surface area contributed by atoms with Crippen molar-refractivity contribution < 1.29 is 30.7 Å². The highest BCUT2D eigenvalue weighted by atomic mass is 79.9. The van der Waals surface area contributed by atoms with Crippen LogP contribution in [0.25, 0.3) is 0 Å². The van der Waals surface area contributed by atoms with Gasteiger partial charge in [0.2, 0.25) is 0 Å². The van der Waals surface area contributed by atoms with Crippen molar-refractivity contribution in [3.63, 3.8) is 0 Å². The van der Waals surface area contributed by atoms with E-state index in [1.807, 2.05) is 0 Å². The van der Waals surface area contributed by atoms with Crippen molar-refractivity contribution in [1.29, 1.82) is 0 Å². The van der Waals surface area contributed by atoms with Crippen molar-refractivity contribution >= 4 is 15.9 Å². The number of halogens is 8. The van der Waals surface area contributed by atoms with Crippen LogP contribution in [0, 0.1) is 0 Å². The van der Waals surface area contributed by atoms with Gasteiger partial charge in [-0.3, -0.25) is 0 Å². The Labute approximate surface area is 119 Å². The topological polar surface area (TPSA) is 0 Å². The highest BCUT2D eigenvalue weighted by Crippen LogP contribution is 2.50. The molecule has 1 aromatic carbocycles. The Morgan fingerprint density at radius 1 is 0.900 bits per heavy atom. The Kier molecular flexibility index (Phi) is 5.10. The van der Waals surface area contributed by atoms with Crippen LogP contribution in [0.4, 0.5) is 30.7 Å². The number of benzene rings is 1. The fourth-order valence-corrected chi connectivity index (χ4v) is 2.02. The molecule has 0 spiro atoms. The predicted octanol–water partition coefficient (Wildman–Crippen LogP) is 5.22. The van der Waals surface area contributed by atoms with E-state index in [4.69, 9.17) is 0 Å². The van der Waals surface area contributed by atoms with Gasteiger partial charge in [0.05, 0.1) is 4.83 Å². The fraction of sp³-hybridized carbons (Fsp3) is 0.500. The first-order valence-electron chi connectivity index (χ1n) is 5.50. The first-order valence-corrected chi connectivity index (χ1v) is 6.42. The lowest BCUT2D eigenvalue weighted by atomic mass is 10.0. The van der Waals surface area contributed by atoms with E-state index in [9.17, 15) is 30.7 Å². The monoisotopic (exact) mass is 366 g/mol. The molecule has 0 aliphatic carbocycles. The minimum atomic E-state index is -6.30. The average molecular weight is 367 g/mol. The summed E-state index contributed by atoms with van der Waals surface area (Å²) < 4.78 is 88.1. The van der Waals surface area contributed by atoms with E-state index < -0.39 is 29.3 Å². The molecule has 0 heterocycles. The van der Waals surface area contributed by atoms with Gasteiger partial charge in [-0.05, 0) is 18.4 Å². The second-order valence-electron chi connectivity index (χ2n) is 4.19. The van der Waals surface area contributed by atoms with Gasteiger partial charge in [0.1, 0.15) is 0 Å². The van der Waals surface area contributed by atoms with Crippen LogP contribution in [0.1, 0.15) is 12.0 Å². The normalized spacial score (nSPS) is 15.2. The summed E-state index contributed by atoms with van der Waals surface area (Å²) in [5, 5.41) is 0. The molecule has 0 saturated carbocycles. The summed E-state index contributed by atoms with van der Waals surface area (Å²) in [4.78, 5) is -2.29. The van der Waals surface area contributed by atoms with Crippen molar-refractivity contribution in [3.05, 3.63) is 35.9 Å². The first-order chi connectivity index (χ1) is 9.00. The van der Waals surface area contributed by atoms with Crippen LogP contribution in [0.3, 0.4) is 0 Å². The summed E-state index contributed by atoms with van der Waals surface area (Å²) in [7, 11) is 0. The van der Waals surface area contributed by atoms with Gasteiger partial charge in [-0.1, -0.05) is 46.3 Å². The Morgan fingerprint density at radius 2 is 1.40 bits per heavy atom. The van der Waals surface area contributed by atoms with E-state index in [2.05, 4.69) is 15.9 Å². The standard InChI is InChI=1S/C12H10BrF7/c13-9(7-6-8-4-2-1-3-5-8)10(14,15)11(16,17)12(18,19)20/h1-5,9H,6-7H2.